The van der Waals surface area contributed by atoms with Crippen molar-refractivity contribution in [3.63, 3.8) is 0 Å². The van der Waals surface area contributed by atoms with Crippen LogP contribution in [0.15, 0.2) is 18.2 Å². The predicted molar refractivity (Wildman–Crippen MR) is 73.8 cm³/mol. The maximum absolute atomic E-state index is 11.9. The van der Waals surface area contributed by atoms with Crippen LogP contribution in [0.4, 0.5) is 0 Å². The van der Waals surface area contributed by atoms with Crippen LogP contribution in [-0.4, -0.2) is 26.0 Å². The minimum Gasteiger partial charge on any atom is -0.497 e. The van der Waals surface area contributed by atoms with Gasteiger partial charge in [-0.3, -0.25) is 14.9 Å². The summed E-state index contributed by atoms with van der Waals surface area (Å²) in [4.78, 5) is 23.6. The Kier molecular flexibility index (Phi) is 4.27. The van der Waals surface area contributed by atoms with Gasteiger partial charge in [-0.15, -0.1) is 0 Å². The summed E-state index contributed by atoms with van der Waals surface area (Å²) in [6, 6.07) is 5.47. The summed E-state index contributed by atoms with van der Waals surface area (Å²) in [5.41, 5.74) is 0.878. The van der Waals surface area contributed by atoms with Crippen molar-refractivity contribution in [2.45, 2.75) is 25.7 Å². The van der Waals surface area contributed by atoms with Crippen molar-refractivity contribution < 1.29 is 19.1 Å². The number of amides is 2. The molecular weight excluding hydrogens is 258 g/mol. The van der Waals surface area contributed by atoms with Crippen molar-refractivity contribution >= 4 is 11.8 Å². The zero-order valence-electron chi connectivity index (χ0n) is 11.9. The van der Waals surface area contributed by atoms with Crippen LogP contribution in [0.1, 0.15) is 31.2 Å². The lowest BCUT2D eigenvalue weighted by Gasteiger charge is -2.30. The highest BCUT2D eigenvalue weighted by Crippen LogP contribution is 2.39. The first-order valence-electron chi connectivity index (χ1n) is 6.66. The largest absolute Gasteiger partial charge is 0.497 e. The fourth-order valence-electron chi connectivity index (χ4n) is 2.73. The summed E-state index contributed by atoms with van der Waals surface area (Å²) in [7, 11) is 3.16. The van der Waals surface area contributed by atoms with E-state index in [9.17, 15) is 9.59 Å². The van der Waals surface area contributed by atoms with E-state index in [2.05, 4.69) is 5.32 Å². The van der Waals surface area contributed by atoms with Crippen LogP contribution in [0.5, 0.6) is 11.5 Å². The summed E-state index contributed by atoms with van der Waals surface area (Å²) in [5.74, 6) is 0.534. The van der Waals surface area contributed by atoms with E-state index in [-0.39, 0.29) is 23.7 Å². The van der Waals surface area contributed by atoms with Gasteiger partial charge in [-0.25, -0.2) is 0 Å². The van der Waals surface area contributed by atoms with E-state index < -0.39 is 0 Å². The molecule has 2 rings (SSSR count). The predicted octanol–water partition coefficient (Wildman–Crippen LogP) is 1.86. The van der Waals surface area contributed by atoms with Gasteiger partial charge in [-0.2, -0.15) is 0 Å². The molecule has 108 valence electrons. The summed E-state index contributed by atoms with van der Waals surface area (Å²) >= 11 is 0. The Morgan fingerprint density at radius 1 is 1.25 bits per heavy atom. The minimum absolute atomic E-state index is 0.151. The topological polar surface area (TPSA) is 64.6 Å². The third-order valence-electron chi connectivity index (χ3n) is 3.77. The molecule has 2 amide bonds. The fourth-order valence-corrected chi connectivity index (χ4v) is 2.73. The molecule has 2 atom stereocenters. The molecule has 0 aliphatic carbocycles. The zero-order chi connectivity index (χ0) is 14.7. The van der Waals surface area contributed by atoms with Gasteiger partial charge in [0, 0.05) is 24.3 Å². The van der Waals surface area contributed by atoms with Gasteiger partial charge in [-0.1, -0.05) is 13.0 Å². The summed E-state index contributed by atoms with van der Waals surface area (Å²) in [5, 5.41) is 2.40. The van der Waals surface area contributed by atoms with Crippen LogP contribution in [-0.2, 0) is 9.59 Å². The van der Waals surface area contributed by atoms with Crippen molar-refractivity contribution in [3.05, 3.63) is 23.8 Å². The van der Waals surface area contributed by atoms with E-state index in [4.69, 9.17) is 9.47 Å². The number of hydrogen-bond donors (Lipinski definition) is 1. The monoisotopic (exact) mass is 277 g/mol. The average molecular weight is 277 g/mol. The Hall–Kier alpha value is -2.04. The lowest BCUT2D eigenvalue weighted by molar-refractivity contribution is -0.137. The molecule has 1 heterocycles. The standard InChI is InChI=1S/C15H19NO4/c1-4-10-12(8-14(17)16-15(10)18)11-6-5-9(19-2)7-13(11)20-3/h5-7,10,12H,4,8H2,1-3H3,(H,16,17,18). The van der Waals surface area contributed by atoms with Gasteiger partial charge in [-0.05, 0) is 18.1 Å². The molecule has 1 N–H and O–H groups in total. The molecule has 0 spiro atoms. The van der Waals surface area contributed by atoms with Gasteiger partial charge >= 0.3 is 0 Å². The van der Waals surface area contributed by atoms with Crippen LogP contribution in [0.2, 0.25) is 0 Å². The summed E-state index contributed by atoms with van der Waals surface area (Å²) in [6.07, 6.45) is 0.978. The van der Waals surface area contributed by atoms with E-state index in [0.717, 1.165) is 5.56 Å². The van der Waals surface area contributed by atoms with E-state index in [0.29, 0.717) is 24.3 Å². The van der Waals surface area contributed by atoms with Crippen molar-refractivity contribution in [2.75, 3.05) is 14.2 Å². The number of rotatable bonds is 4. The molecule has 1 aromatic rings. The Morgan fingerprint density at radius 2 is 2.00 bits per heavy atom. The van der Waals surface area contributed by atoms with Gasteiger partial charge < -0.3 is 9.47 Å². The second-order valence-corrected chi connectivity index (χ2v) is 4.85. The van der Waals surface area contributed by atoms with Crippen LogP contribution in [0.3, 0.4) is 0 Å². The second kappa shape index (κ2) is 5.94. The van der Waals surface area contributed by atoms with Gasteiger partial charge in [0.05, 0.1) is 14.2 Å². The average Bonchev–Trinajstić information content (AvgIpc) is 2.45. The maximum Gasteiger partial charge on any atom is 0.230 e. The SMILES string of the molecule is CCC1C(=O)NC(=O)CC1c1ccc(OC)cc1OC. The molecule has 5 nitrogen and oxygen atoms in total. The second-order valence-electron chi connectivity index (χ2n) is 4.85. The molecule has 1 saturated heterocycles. The van der Waals surface area contributed by atoms with Crippen molar-refractivity contribution in [1.82, 2.24) is 5.32 Å². The molecule has 20 heavy (non-hydrogen) atoms. The third-order valence-corrected chi connectivity index (χ3v) is 3.77. The van der Waals surface area contributed by atoms with Gasteiger partial charge in [0.2, 0.25) is 11.8 Å². The quantitative estimate of drug-likeness (QED) is 0.853. The first kappa shape index (κ1) is 14.4. The highest BCUT2D eigenvalue weighted by atomic mass is 16.5. The number of ether oxygens (including phenoxy) is 2. The molecule has 0 aromatic heterocycles. The van der Waals surface area contributed by atoms with Gasteiger partial charge in [0.1, 0.15) is 11.5 Å². The van der Waals surface area contributed by atoms with Crippen LogP contribution in [0, 0.1) is 5.92 Å². The Balaban J connectivity index is 2.42. The number of imide groups is 1. The number of piperidine rings is 1. The van der Waals surface area contributed by atoms with Crippen molar-refractivity contribution in [1.29, 1.82) is 0 Å². The third kappa shape index (κ3) is 2.61. The van der Waals surface area contributed by atoms with Crippen LogP contribution < -0.4 is 14.8 Å². The zero-order valence-corrected chi connectivity index (χ0v) is 11.9. The van der Waals surface area contributed by atoms with E-state index in [1.807, 2.05) is 19.1 Å². The molecule has 5 heteroatoms. The fraction of sp³-hybridized carbons (Fsp3) is 0.467. The number of benzene rings is 1. The lowest BCUT2D eigenvalue weighted by Crippen LogP contribution is -2.44. The molecule has 1 aromatic carbocycles. The Bertz CT molecular complexity index is 527. The number of carbonyl (C=O) groups is 2. The number of methoxy groups -OCH3 is 2. The van der Waals surface area contributed by atoms with Gasteiger partial charge in [0.25, 0.3) is 0 Å². The van der Waals surface area contributed by atoms with E-state index in [1.165, 1.54) is 0 Å². The maximum atomic E-state index is 11.9. The molecule has 0 saturated carbocycles. The highest BCUT2D eigenvalue weighted by Gasteiger charge is 2.36. The lowest BCUT2D eigenvalue weighted by atomic mass is 9.78. The normalized spacial score (nSPS) is 22.4. The molecule has 1 aliphatic rings. The van der Waals surface area contributed by atoms with Gasteiger partial charge in [0.15, 0.2) is 0 Å². The van der Waals surface area contributed by atoms with Crippen molar-refractivity contribution in [2.24, 2.45) is 5.92 Å². The van der Waals surface area contributed by atoms with E-state index in [1.54, 1.807) is 20.3 Å². The molecule has 1 aliphatic heterocycles. The number of hydrogen-bond acceptors (Lipinski definition) is 4. The summed E-state index contributed by atoms with van der Waals surface area (Å²) < 4.78 is 10.5. The first-order chi connectivity index (χ1) is 9.60. The van der Waals surface area contributed by atoms with Crippen LogP contribution >= 0.6 is 0 Å². The molecule has 1 fully saturated rings. The number of nitrogens with one attached hydrogen (secondary N) is 1. The van der Waals surface area contributed by atoms with Crippen molar-refractivity contribution in [3.8, 4) is 11.5 Å². The summed E-state index contributed by atoms with van der Waals surface area (Å²) in [6.45, 7) is 1.95. The van der Waals surface area contributed by atoms with Crippen LogP contribution in [0.25, 0.3) is 0 Å². The molecular formula is C15H19NO4. The Morgan fingerprint density at radius 3 is 2.60 bits per heavy atom. The smallest absolute Gasteiger partial charge is 0.230 e. The Labute approximate surface area is 118 Å². The first-order valence-corrected chi connectivity index (χ1v) is 6.66. The number of carbonyl (C=O) groups excluding carboxylic acids is 2. The molecule has 0 radical (unpaired) electrons. The highest BCUT2D eigenvalue weighted by molar-refractivity contribution is 5.99. The van der Waals surface area contributed by atoms with E-state index >= 15 is 0 Å². The molecule has 2 unspecified atom stereocenters. The molecule has 0 bridgehead atoms. The minimum atomic E-state index is -0.234.